The minimum Gasteiger partial charge on any atom is -0.372 e. The summed E-state index contributed by atoms with van der Waals surface area (Å²) in [5.74, 6) is -0.260. The summed E-state index contributed by atoms with van der Waals surface area (Å²) < 4.78 is 19.9. The summed E-state index contributed by atoms with van der Waals surface area (Å²) in [7, 11) is 0. The molecule has 0 N–H and O–H groups in total. The van der Waals surface area contributed by atoms with E-state index in [-0.39, 0.29) is 11.4 Å². The normalized spacial score (nSPS) is 22.8. The number of rotatable bonds is 2. The number of ether oxygens (including phenoxy) is 1. The Kier molecular flexibility index (Phi) is 3.57. The van der Waals surface area contributed by atoms with Crippen molar-refractivity contribution >= 4 is 16.6 Å². The maximum absolute atomic E-state index is 14.0. The average Bonchev–Trinajstić information content (AvgIpc) is 2.48. The zero-order valence-corrected chi connectivity index (χ0v) is 12.8. The molecule has 1 aromatic heterocycles. The first-order valence-electron chi connectivity index (χ1n) is 7.47. The number of benzene rings is 1. The van der Waals surface area contributed by atoms with E-state index >= 15 is 0 Å². The van der Waals surface area contributed by atoms with Gasteiger partial charge in [0.15, 0.2) is 0 Å². The number of nitrogens with zero attached hydrogens (tertiary/aromatic N) is 2. The highest BCUT2D eigenvalue weighted by atomic mass is 19.1. The Balaban J connectivity index is 2.10. The first-order chi connectivity index (χ1) is 10.0. The van der Waals surface area contributed by atoms with E-state index in [1.807, 2.05) is 19.1 Å². The summed E-state index contributed by atoms with van der Waals surface area (Å²) in [4.78, 5) is 6.65. The SMILES string of the molecule is CCC1(C)CN(c2cc(C)nc3c(F)cccc23)CCO1. The molecule has 1 aliphatic rings. The second-order valence-corrected chi connectivity index (χ2v) is 5.99. The van der Waals surface area contributed by atoms with E-state index in [0.29, 0.717) is 12.1 Å². The van der Waals surface area contributed by atoms with Crippen LogP contribution in [0.3, 0.4) is 0 Å². The topological polar surface area (TPSA) is 25.4 Å². The molecule has 112 valence electrons. The van der Waals surface area contributed by atoms with Gasteiger partial charge in [0, 0.05) is 29.9 Å². The van der Waals surface area contributed by atoms with Crippen molar-refractivity contribution in [2.75, 3.05) is 24.6 Å². The molecule has 3 nitrogen and oxygen atoms in total. The van der Waals surface area contributed by atoms with Crippen LogP contribution >= 0.6 is 0 Å². The Hall–Kier alpha value is -1.68. The quantitative estimate of drug-likeness (QED) is 0.842. The molecular weight excluding hydrogens is 267 g/mol. The van der Waals surface area contributed by atoms with Crippen LogP contribution < -0.4 is 4.90 Å². The number of aromatic nitrogens is 1. The Bertz CT molecular complexity index is 673. The number of hydrogen-bond acceptors (Lipinski definition) is 3. The van der Waals surface area contributed by atoms with Gasteiger partial charge in [0.25, 0.3) is 0 Å². The van der Waals surface area contributed by atoms with Gasteiger partial charge >= 0.3 is 0 Å². The van der Waals surface area contributed by atoms with Crippen molar-refractivity contribution in [2.45, 2.75) is 32.8 Å². The standard InChI is InChI=1S/C17H21FN2O/c1-4-17(3)11-20(8-9-21-17)15-10-12(2)19-16-13(15)6-5-7-14(16)18/h5-7,10H,4,8-9,11H2,1-3H3. The van der Waals surface area contributed by atoms with Crippen LogP contribution in [0.5, 0.6) is 0 Å². The third-order valence-electron chi connectivity index (χ3n) is 4.32. The van der Waals surface area contributed by atoms with Crippen LogP contribution in [0.25, 0.3) is 10.9 Å². The number of aryl methyl sites for hydroxylation is 1. The van der Waals surface area contributed by atoms with Gasteiger partial charge in [-0.15, -0.1) is 0 Å². The molecule has 1 fully saturated rings. The zero-order valence-electron chi connectivity index (χ0n) is 12.8. The molecule has 0 amide bonds. The third kappa shape index (κ3) is 2.60. The Morgan fingerprint density at radius 3 is 3.00 bits per heavy atom. The van der Waals surface area contributed by atoms with Crippen LogP contribution in [0.4, 0.5) is 10.1 Å². The van der Waals surface area contributed by atoms with Crippen molar-refractivity contribution in [2.24, 2.45) is 0 Å². The second kappa shape index (κ2) is 5.26. The molecule has 0 radical (unpaired) electrons. The van der Waals surface area contributed by atoms with E-state index in [2.05, 4.69) is 23.7 Å². The lowest BCUT2D eigenvalue weighted by Gasteiger charge is -2.41. The Morgan fingerprint density at radius 1 is 1.43 bits per heavy atom. The molecule has 3 rings (SSSR count). The van der Waals surface area contributed by atoms with Crippen molar-refractivity contribution in [3.05, 3.63) is 35.8 Å². The molecule has 0 spiro atoms. The molecule has 21 heavy (non-hydrogen) atoms. The number of hydrogen-bond donors (Lipinski definition) is 0. The molecule has 1 unspecified atom stereocenters. The molecule has 2 aromatic rings. The number of halogens is 1. The minimum absolute atomic E-state index is 0.144. The van der Waals surface area contributed by atoms with Gasteiger partial charge in [-0.25, -0.2) is 9.37 Å². The lowest BCUT2D eigenvalue weighted by molar-refractivity contribution is -0.0440. The van der Waals surface area contributed by atoms with Crippen molar-refractivity contribution in [1.29, 1.82) is 0 Å². The predicted molar refractivity (Wildman–Crippen MR) is 83.3 cm³/mol. The number of para-hydroxylation sites is 1. The minimum atomic E-state index is -0.260. The van der Waals surface area contributed by atoms with E-state index < -0.39 is 0 Å². The summed E-state index contributed by atoms with van der Waals surface area (Å²) in [5.41, 5.74) is 2.21. The fraction of sp³-hybridized carbons (Fsp3) is 0.471. The van der Waals surface area contributed by atoms with Gasteiger partial charge in [0.2, 0.25) is 0 Å². The molecule has 1 aromatic carbocycles. The number of anilines is 1. The van der Waals surface area contributed by atoms with Crippen LogP contribution in [0.2, 0.25) is 0 Å². The molecule has 2 heterocycles. The van der Waals surface area contributed by atoms with Crippen molar-refractivity contribution in [1.82, 2.24) is 4.98 Å². The van der Waals surface area contributed by atoms with Crippen LogP contribution in [-0.2, 0) is 4.74 Å². The first kappa shape index (κ1) is 14.3. The molecule has 1 atom stereocenters. The van der Waals surface area contributed by atoms with E-state index in [1.54, 1.807) is 6.07 Å². The molecular formula is C17H21FN2O. The van der Waals surface area contributed by atoms with Gasteiger partial charge in [-0.1, -0.05) is 19.1 Å². The maximum atomic E-state index is 14.0. The summed E-state index contributed by atoms with van der Waals surface area (Å²) in [6.07, 6.45) is 0.958. The van der Waals surface area contributed by atoms with Gasteiger partial charge in [-0.3, -0.25) is 0 Å². The summed E-state index contributed by atoms with van der Waals surface area (Å²) in [5, 5.41) is 0.876. The highest BCUT2D eigenvalue weighted by molar-refractivity contribution is 5.92. The zero-order chi connectivity index (χ0) is 15.0. The summed E-state index contributed by atoms with van der Waals surface area (Å²) in [6.45, 7) is 8.52. The van der Waals surface area contributed by atoms with Gasteiger partial charge in [0.1, 0.15) is 11.3 Å². The smallest absolute Gasteiger partial charge is 0.149 e. The second-order valence-electron chi connectivity index (χ2n) is 5.99. The molecule has 1 aliphatic heterocycles. The van der Waals surface area contributed by atoms with Crippen molar-refractivity contribution in [3.63, 3.8) is 0 Å². The largest absolute Gasteiger partial charge is 0.372 e. The highest BCUT2D eigenvalue weighted by Gasteiger charge is 2.31. The van der Waals surface area contributed by atoms with E-state index in [0.717, 1.165) is 36.3 Å². The van der Waals surface area contributed by atoms with Gasteiger partial charge in [-0.2, -0.15) is 0 Å². The van der Waals surface area contributed by atoms with Crippen molar-refractivity contribution < 1.29 is 9.13 Å². The van der Waals surface area contributed by atoms with Crippen LogP contribution in [0.15, 0.2) is 24.3 Å². The highest BCUT2D eigenvalue weighted by Crippen LogP contribution is 2.32. The maximum Gasteiger partial charge on any atom is 0.149 e. The Labute approximate surface area is 124 Å². The summed E-state index contributed by atoms with van der Waals surface area (Å²) in [6, 6.07) is 7.20. The number of fused-ring (bicyclic) bond motifs is 1. The fourth-order valence-corrected chi connectivity index (χ4v) is 2.93. The monoisotopic (exact) mass is 288 g/mol. The predicted octanol–water partition coefficient (Wildman–Crippen LogP) is 3.69. The lowest BCUT2D eigenvalue weighted by atomic mass is 10.00. The molecule has 1 saturated heterocycles. The van der Waals surface area contributed by atoms with Crippen LogP contribution in [0.1, 0.15) is 26.0 Å². The number of morpholine rings is 1. The molecule has 4 heteroatoms. The van der Waals surface area contributed by atoms with Gasteiger partial charge < -0.3 is 9.64 Å². The Morgan fingerprint density at radius 2 is 2.24 bits per heavy atom. The lowest BCUT2D eigenvalue weighted by Crippen LogP contribution is -2.50. The average molecular weight is 288 g/mol. The van der Waals surface area contributed by atoms with E-state index in [9.17, 15) is 4.39 Å². The van der Waals surface area contributed by atoms with Gasteiger partial charge in [-0.05, 0) is 32.4 Å². The molecule has 0 aliphatic carbocycles. The van der Waals surface area contributed by atoms with Crippen LogP contribution in [0, 0.1) is 12.7 Å². The fourth-order valence-electron chi connectivity index (χ4n) is 2.93. The van der Waals surface area contributed by atoms with Gasteiger partial charge in [0.05, 0.1) is 12.2 Å². The number of pyridine rings is 1. The summed E-state index contributed by atoms with van der Waals surface area (Å²) >= 11 is 0. The van der Waals surface area contributed by atoms with E-state index in [4.69, 9.17) is 4.74 Å². The van der Waals surface area contributed by atoms with Crippen molar-refractivity contribution in [3.8, 4) is 0 Å². The molecule has 0 saturated carbocycles. The van der Waals surface area contributed by atoms with Crippen LogP contribution in [-0.4, -0.2) is 30.3 Å². The van der Waals surface area contributed by atoms with E-state index in [1.165, 1.54) is 6.07 Å². The third-order valence-corrected chi connectivity index (χ3v) is 4.32. The first-order valence-corrected chi connectivity index (χ1v) is 7.47. The molecule has 0 bridgehead atoms.